The molecule has 0 amide bonds. The predicted molar refractivity (Wildman–Crippen MR) is 83.7 cm³/mol. The van der Waals surface area contributed by atoms with Gasteiger partial charge >= 0.3 is 0 Å². The van der Waals surface area contributed by atoms with Crippen LogP contribution in [0.5, 0.6) is 0 Å². The monoisotopic (exact) mass is 357 g/mol. The summed E-state index contributed by atoms with van der Waals surface area (Å²) in [5, 5.41) is 5.72. The van der Waals surface area contributed by atoms with Gasteiger partial charge < -0.3 is 5.32 Å². The van der Waals surface area contributed by atoms with E-state index in [0.717, 1.165) is 6.54 Å². The van der Waals surface area contributed by atoms with Gasteiger partial charge in [-0.05, 0) is 58.6 Å². The Balaban J connectivity index is 2.43. The molecule has 1 aromatic carbocycles. The van der Waals surface area contributed by atoms with Gasteiger partial charge in [0.2, 0.25) is 0 Å². The standard InChI is InChI=1S/C14H16INS/c1-3-16-14(12-8-5-9-17-12)11-7-4-6-10(2)13(11)15/h4-9,14,16H,3H2,1-2H3. The van der Waals surface area contributed by atoms with E-state index in [1.807, 2.05) is 11.3 Å². The van der Waals surface area contributed by atoms with Crippen molar-refractivity contribution in [1.29, 1.82) is 0 Å². The molecule has 90 valence electrons. The highest BCUT2D eigenvalue weighted by Gasteiger charge is 2.17. The molecule has 1 heterocycles. The summed E-state index contributed by atoms with van der Waals surface area (Å²) in [4.78, 5) is 1.38. The Labute approximate surface area is 120 Å². The minimum atomic E-state index is 0.326. The fraction of sp³-hybridized carbons (Fsp3) is 0.286. The van der Waals surface area contributed by atoms with Gasteiger partial charge in [0.25, 0.3) is 0 Å². The molecular weight excluding hydrogens is 341 g/mol. The molecule has 0 fully saturated rings. The third-order valence-electron chi connectivity index (χ3n) is 2.77. The van der Waals surface area contributed by atoms with Gasteiger partial charge in [-0.2, -0.15) is 0 Å². The lowest BCUT2D eigenvalue weighted by molar-refractivity contribution is 0.637. The van der Waals surface area contributed by atoms with Crippen molar-refractivity contribution in [3.8, 4) is 0 Å². The SMILES string of the molecule is CCNC(c1cccs1)c1cccc(C)c1I. The van der Waals surface area contributed by atoms with Crippen LogP contribution in [0.15, 0.2) is 35.7 Å². The lowest BCUT2D eigenvalue weighted by Crippen LogP contribution is -2.22. The quantitative estimate of drug-likeness (QED) is 0.802. The number of hydrogen-bond acceptors (Lipinski definition) is 2. The number of hydrogen-bond donors (Lipinski definition) is 1. The van der Waals surface area contributed by atoms with Crippen LogP contribution in [-0.4, -0.2) is 6.54 Å². The van der Waals surface area contributed by atoms with Crippen molar-refractivity contribution in [2.45, 2.75) is 19.9 Å². The number of halogens is 1. The van der Waals surface area contributed by atoms with E-state index in [9.17, 15) is 0 Å². The summed E-state index contributed by atoms with van der Waals surface area (Å²) < 4.78 is 1.37. The van der Waals surface area contributed by atoms with E-state index in [4.69, 9.17) is 0 Å². The van der Waals surface area contributed by atoms with Crippen molar-refractivity contribution in [2.75, 3.05) is 6.54 Å². The molecule has 0 aliphatic carbocycles. The highest BCUT2D eigenvalue weighted by Crippen LogP contribution is 2.30. The first kappa shape index (κ1) is 13.1. The van der Waals surface area contributed by atoms with Crippen LogP contribution in [0.3, 0.4) is 0 Å². The van der Waals surface area contributed by atoms with Crippen LogP contribution in [0.4, 0.5) is 0 Å². The number of benzene rings is 1. The molecule has 1 atom stereocenters. The average molecular weight is 357 g/mol. The van der Waals surface area contributed by atoms with Gasteiger partial charge in [0.05, 0.1) is 6.04 Å². The van der Waals surface area contributed by atoms with E-state index in [1.165, 1.54) is 19.6 Å². The molecule has 1 N–H and O–H groups in total. The summed E-state index contributed by atoms with van der Waals surface area (Å²) in [7, 11) is 0. The van der Waals surface area contributed by atoms with Gasteiger partial charge in [0, 0.05) is 8.45 Å². The maximum absolute atomic E-state index is 3.57. The largest absolute Gasteiger partial charge is 0.306 e. The number of nitrogens with one attached hydrogen (secondary N) is 1. The van der Waals surface area contributed by atoms with E-state index in [0.29, 0.717) is 6.04 Å². The zero-order chi connectivity index (χ0) is 12.3. The summed E-state index contributed by atoms with van der Waals surface area (Å²) in [6, 6.07) is 11.2. The van der Waals surface area contributed by atoms with E-state index < -0.39 is 0 Å². The smallest absolute Gasteiger partial charge is 0.0681 e. The van der Waals surface area contributed by atoms with Crippen molar-refractivity contribution in [3.63, 3.8) is 0 Å². The van der Waals surface area contributed by atoms with Crippen molar-refractivity contribution in [3.05, 3.63) is 55.3 Å². The molecule has 3 heteroatoms. The van der Waals surface area contributed by atoms with Crippen LogP contribution in [0.1, 0.15) is 29.0 Å². The molecule has 1 nitrogen and oxygen atoms in total. The van der Waals surface area contributed by atoms with Gasteiger partial charge in [-0.25, -0.2) is 0 Å². The molecule has 0 spiro atoms. The lowest BCUT2D eigenvalue weighted by Gasteiger charge is -2.19. The molecule has 2 aromatic rings. The van der Waals surface area contributed by atoms with Gasteiger partial charge in [0.1, 0.15) is 0 Å². The van der Waals surface area contributed by atoms with Crippen LogP contribution in [0.25, 0.3) is 0 Å². The van der Waals surface area contributed by atoms with Crippen molar-refractivity contribution < 1.29 is 0 Å². The molecule has 1 aromatic heterocycles. The van der Waals surface area contributed by atoms with Crippen molar-refractivity contribution >= 4 is 33.9 Å². The fourth-order valence-corrected chi connectivity index (χ4v) is 3.41. The summed E-state index contributed by atoms with van der Waals surface area (Å²) >= 11 is 4.26. The first-order valence-electron chi connectivity index (χ1n) is 5.75. The summed E-state index contributed by atoms with van der Waals surface area (Å²) in [6.07, 6.45) is 0. The van der Waals surface area contributed by atoms with Crippen molar-refractivity contribution in [2.24, 2.45) is 0 Å². The number of rotatable bonds is 4. The minimum Gasteiger partial charge on any atom is -0.306 e. The third kappa shape index (κ3) is 2.89. The molecule has 0 aliphatic rings. The van der Waals surface area contributed by atoms with E-state index >= 15 is 0 Å². The van der Waals surface area contributed by atoms with Crippen LogP contribution < -0.4 is 5.32 Å². The van der Waals surface area contributed by atoms with Crippen molar-refractivity contribution in [1.82, 2.24) is 5.32 Å². The Morgan fingerprint density at radius 3 is 2.76 bits per heavy atom. The molecule has 2 rings (SSSR count). The second kappa shape index (κ2) is 5.98. The Kier molecular flexibility index (Phi) is 4.59. The molecule has 0 aliphatic heterocycles. The average Bonchev–Trinajstić information content (AvgIpc) is 2.84. The molecule has 0 radical (unpaired) electrons. The Bertz CT molecular complexity index is 479. The molecule has 0 saturated heterocycles. The Hall–Kier alpha value is -0.390. The maximum Gasteiger partial charge on any atom is 0.0681 e. The normalized spacial score (nSPS) is 12.6. The Morgan fingerprint density at radius 1 is 1.29 bits per heavy atom. The minimum absolute atomic E-state index is 0.326. The van der Waals surface area contributed by atoms with Crippen LogP contribution in [0, 0.1) is 10.5 Å². The zero-order valence-corrected chi connectivity index (χ0v) is 13.0. The van der Waals surface area contributed by atoms with E-state index in [-0.39, 0.29) is 0 Å². The zero-order valence-electron chi connectivity index (χ0n) is 10.0. The number of aryl methyl sites for hydroxylation is 1. The first-order valence-corrected chi connectivity index (χ1v) is 7.71. The van der Waals surface area contributed by atoms with Crippen LogP contribution in [0.2, 0.25) is 0 Å². The predicted octanol–water partition coefficient (Wildman–Crippen LogP) is 4.36. The highest BCUT2D eigenvalue weighted by molar-refractivity contribution is 14.1. The first-order chi connectivity index (χ1) is 8.24. The number of thiophene rings is 1. The van der Waals surface area contributed by atoms with Gasteiger partial charge in [-0.15, -0.1) is 11.3 Å². The molecule has 0 bridgehead atoms. The highest BCUT2D eigenvalue weighted by atomic mass is 127. The fourth-order valence-electron chi connectivity index (χ4n) is 1.92. The Morgan fingerprint density at radius 2 is 2.12 bits per heavy atom. The molecular formula is C14H16INS. The second-order valence-corrected chi connectivity index (χ2v) is 6.04. The second-order valence-electron chi connectivity index (χ2n) is 3.98. The topological polar surface area (TPSA) is 12.0 Å². The van der Waals surface area contributed by atoms with Crippen LogP contribution in [-0.2, 0) is 0 Å². The maximum atomic E-state index is 3.57. The van der Waals surface area contributed by atoms with Gasteiger partial charge in [0.15, 0.2) is 0 Å². The van der Waals surface area contributed by atoms with Gasteiger partial charge in [-0.3, -0.25) is 0 Å². The summed E-state index contributed by atoms with van der Waals surface area (Å²) in [6.45, 7) is 5.30. The molecule has 17 heavy (non-hydrogen) atoms. The van der Waals surface area contributed by atoms with E-state index in [1.54, 1.807) is 0 Å². The molecule has 0 saturated carbocycles. The van der Waals surface area contributed by atoms with E-state index in [2.05, 4.69) is 77.5 Å². The summed E-state index contributed by atoms with van der Waals surface area (Å²) in [5.41, 5.74) is 2.73. The lowest BCUT2D eigenvalue weighted by atomic mass is 10.0. The third-order valence-corrected chi connectivity index (χ3v) is 5.18. The van der Waals surface area contributed by atoms with Gasteiger partial charge in [-0.1, -0.05) is 31.2 Å². The van der Waals surface area contributed by atoms with Crippen LogP contribution >= 0.6 is 33.9 Å². The summed E-state index contributed by atoms with van der Waals surface area (Å²) in [5.74, 6) is 0. The molecule has 1 unspecified atom stereocenters.